The number of anilines is 2. The number of fused-ring (bicyclic) bond motifs is 1. The number of hydrogen-bond donors (Lipinski definition) is 1. The van der Waals surface area contributed by atoms with E-state index in [0.717, 1.165) is 19.3 Å². The van der Waals surface area contributed by atoms with Crippen molar-refractivity contribution >= 4 is 33.2 Å². The van der Waals surface area contributed by atoms with Gasteiger partial charge < -0.3 is 10.1 Å². The van der Waals surface area contributed by atoms with Crippen LogP contribution in [-0.2, 0) is 19.6 Å². The molecule has 2 aliphatic rings. The SMILES string of the molecule is O=C(CN1C(=O)COc2ccc(S(=O)(=O)N3CCCCC3)cc21)Nc1ccc(F)cc1. The van der Waals surface area contributed by atoms with Crippen LogP contribution in [0.4, 0.5) is 15.8 Å². The smallest absolute Gasteiger partial charge is 0.265 e. The van der Waals surface area contributed by atoms with E-state index < -0.39 is 27.7 Å². The van der Waals surface area contributed by atoms with Crippen LogP contribution in [0.5, 0.6) is 5.75 Å². The first kappa shape index (κ1) is 21.3. The van der Waals surface area contributed by atoms with Crippen molar-refractivity contribution in [1.82, 2.24) is 4.31 Å². The maximum absolute atomic E-state index is 13.1. The molecule has 2 heterocycles. The van der Waals surface area contributed by atoms with E-state index in [0.29, 0.717) is 24.5 Å². The van der Waals surface area contributed by atoms with E-state index in [9.17, 15) is 22.4 Å². The maximum Gasteiger partial charge on any atom is 0.265 e. The number of carbonyl (C=O) groups is 2. The van der Waals surface area contributed by atoms with Crippen LogP contribution in [0.3, 0.4) is 0 Å². The number of hydrogen-bond acceptors (Lipinski definition) is 5. The predicted molar refractivity (Wildman–Crippen MR) is 112 cm³/mol. The molecule has 0 spiro atoms. The molecule has 2 aromatic rings. The highest BCUT2D eigenvalue weighted by Gasteiger charge is 2.31. The van der Waals surface area contributed by atoms with Crippen molar-refractivity contribution in [1.29, 1.82) is 0 Å². The molecule has 8 nitrogen and oxygen atoms in total. The molecule has 4 rings (SSSR count). The molecule has 0 saturated carbocycles. The van der Waals surface area contributed by atoms with Crippen molar-refractivity contribution in [2.75, 3.05) is 36.5 Å². The highest BCUT2D eigenvalue weighted by molar-refractivity contribution is 7.89. The molecule has 0 bridgehead atoms. The Morgan fingerprint density at radius 2 is 1.77 bits per heavy atom. The van der Waals surface area contributed by atoms with E-state index in [1.54, 1.807) is 0 Å². The van der Waals surface area contributed by atoms with E-state index >= 15 is 0 Å². The summed E-state index contributed by atoms with van der Waals surface area (Å²) in [6, 6.07) is 9.57. The van der Waals surface area contributed by atoms with Crippen molar-refractivity contribution in [3.05, 3.63) is 48.3 Å². The number of sulfonamides is 1. The van der Waals surface area contributed by atoms with Gasteiger partial charge in [0.1, 0.15) is 18.1 Å². The number of carbonyl (C=O) groups excluding carboxylic acids is 2. The summed E-state index contributed by atoms with van der Waals surface area (Å²) in [6.45, 7) is 0.326. The molecule has 1 fully saturated rings. The van der Waals surface area contributed by atoms with Gasteiger partial charge in [-0.1, -0.05) is 6.42 Å². The van der Waals surface area contributed by atoms with Crippen LogP contribution in [0, 0.1) is 5.82 Å². The number of piperidine rings is 1. The third kappa shape index (κ3) is 4.54. The molecule has 2 aliphatic heterocycles. The average molecular weight is 447 g/mol. The summed E-state index contributed by atoms with van der Waals surface area (Å²) in [5.74, 6) is -1.07. The molecule has 164 valence electrons. The Morgan fingerprint density at radius 1 is 1.06 bits per heavy atom. The molecule has 1 N–H and O–H groups in total. The van der Waals surface area contributed by atoms with Gasteiger partial charge in [-0.3, -0.25) is 14.5 Å². The molecule has 10 heteroatoms. The fourth-order valence-electron chi connectivity index (χ4n) is 3.65. The van der Waals surface area contributed by atoms with Crippen LogP contribution in [0.2, 0.25) is 0 Å². The molecule has 0 aliphatic carbocycles. The van der Waals surface area contributed by atoms with Gasteiger partial charge in [-0.15, -0.1) is 0 Å². The topological polar surface area (TPSA) is 96.0 Å². The molecule has 0 aromatic heterocycles. The van der Waals surface area contributed by atoms with Gasteiger partial charge in [-0.2, -0.15) is 4.31 Å². The van der Waals surface area contributed by atoms with Gasteiger partial charge in [0.2, 0.25) is 15.9 Å². The predicted octanol–water partition coefficient (Wildman–Crippen LogP) is 2.36. The molecule has 0 unspecified atom stereocenters. The fraction of sp³-hybridized carbons (Fsp3) is 0.333. The summed E-state index contributed by atoms with van der Waals surface area (Å²) in [4.78, 5) is 26.2. The Morgan fingerprint density at radius 3 is 2.48 bits per heavy atom. The van der Waals surface area contributed by atoms with Crippen LogP contribution in [0.1, 0.15) is 19.3 Å². The zero-order chi connectivity index (χ0) is 22.0. The van der Waals surface area contributed by atoms with Crippen molar-refractivity contribution in [3.8, 4) is 5.75 Å². The van der Waals surface area contributed by atoms with Gasteiger partial charge >= 0.3 is 0 Å². The number of nitrogens with zero attached hydrogens (tertiary/aromatic N) is 2. The minimum absolute atomic E-state index is 0.0513. The van der Waals surface area contributed by atoms with E-state index in [-0.39, 0.29) is 23.7 Å². The number of amides is 2. The van der Waals surface area contributed by atoms with Gasteiger partial charge in [0, 0.05) is 18.8 Å². The van der Waals surface area contributed by atoms with Gasteiger partial charge in [0.25, 0.3) is 5.91 Å². The van der Waals surface area contributed by atoms with Crippen molar-refractivity contribution in [3.63, 3.8) is 0 Å². The Bertz CT molecular complexity index is 1100. The zero-order valence-corrected chi connectivity index (χ0v) is 17.5. The minimum Gasteiger partial charge on any atom is -0.482 e. The first-order valence-electron chi connectivity index (χ1n) is 9.97. The van der Waals surface area contributed by atoms with Gasteiger partial charge in [-0.05, 0) is 55.3 Å². The Kier molecular flexibility index (Phi) is 5.92. The van der Waals surface area contributed by atoms with E-state index in [4.69, 9.17) is 4.74 Å². The van der Waals surface area contributed by atoms with E-state index in [1.165, 1.54) is 51.7 Å². The van der Waals surface area contributed by atoms with Crippen LogP contribution >= 0.6 is 0 Å². The third-order valence-electron chi connectivity index (χ3n) is 5.26. The molecule has 0 radical (unpaired) electrons. The number of benzene rings is 2. The van der Waals surface area contributed by atoms with Crippen LogP contribution in [-0.4, -0.2) is 50.8 Å². The van der Waals surface area contributed by atoms with E-state index in [2.05, 4.69) is 5.32 Å². The molecule has 2 aromatic carbocycles. The maximum atomic E-state index is 13.1. The molecular weight excluding hydrogens is 425 g/mol. The third-order valence-corrected chi connectivity index (χ3v) is 7.15. The molecule has 0 atom stereocenters. The lowest BCUT2D eigenvalue weighted by Gasteiger charge is -2.30. The lowest BCUT2D eigenvalue weighted by atomic mass is 10.2. The second-order valence-electron chi connectivity index (χ2n) is 7.42. The van der Waals surface area contributed by atoms with E-state index in [1.807, 2.05) is 0 Å². The second kappa shape index (κ2) is 8.64. The summed E-state index contributed by atoms with van der Waals surface area (Å²) in [5, 5.41) is 2.60. The van der Waals surface area contributed by atoms with Gasteiger partial charge in [0.15, 0.2) is 6.61 Å². The molecule has 2 amide bonds. The molecule has 1 saturated heterocycles. The van der Waals surface area contributed by atoms with Crippen molar-refractivity contribution in [2.24, 2.45) is 0 Å². The van der Waals surface area contributed by atoms with Crippen LogP contribution < -0.4 is 15.0 Å². The summed E-state index contributed by atoms with van der Waals surface area (Å²) in [6.07, 6.45) is 2.61. The fourth-order valence-corrected chi connectivity index (χ4v) is 5.19. The van der Waals surface area contributed by atoms with Crippen molar-refractivity contribution in [2.45, 2.75) is 24.2 Å². The normalized spacial score (nSPS) is 17.1. The monoisotopic (exact) mass is 447 g/mol. The van der Waals surface area contributed by atoms with Gasteiger partial charge in [0.05, 0.1) is 10.6 Å². The zero-order valence-electron chi connectivity index (χ0n) is 16.7. The standard InChI is InChI=1S/C21H22FN3O5S/c22-15-4-6-16(7-5-15)23-20(26)13-25-18-12-17(8-9-19(18)30-14-21(25)27)31(28,29)24-10-2-1-3-11-24/h4-9,12H,1-3,10-11,13-14H2,(H,23,26). The van der Waals surface area contributed by atoms with Crippen molar-refractivity contribution < 1.29 is 27.1 Å². The second-order valence-corrected chi connectivity index (χ2v) is 9.36. The Labute approximate surface area is 179 Å². The first-order chi connectivity index (χ1) is 14.8. The van der Waals surface area contributed by atoms with Crippen LogP contribution in [0.15, 0.2) is 47.4 Å². The number of ether oxygens (including phenoxy) is 1. The number of halogens is 1. The summed E-state index contributed by atoms with van der Waals surface area (Å²) in [7, 11) is -3.71. The van der Waals surface area contributed by atoms with Crippen LogP contribution in [0.25, 0.3) is 0 Å². The summed E-state index contributed by atoms with van der Waals surface area (Å²) in [5.41, 5.74) is 0.609. The lowest BCUT2D eigenvalue weighted by molar-refractivity contribution is -0.123. The Balaban J connectivity index is 1.58. The quantitative estimate of drug-likeness (QED) is 0.759. The number of rotatable bonds is 5. The largest absolute Gasteiger partial charge is 0.482 e. The summed E-state index contributed by atoms with van der Waals surface area (Å²) >= 11 is 0. The number of nitrogens with one attached hydrogen (secondary N) is 1. The Hall–Kier alpha value is -2.98. The first-order valence-corrected chi connectivity index (χ1v) is 11.4. The highest BCUT2D eigenvalue weighted by Crippen LogP contribution is 2.35. The summed E-state index contributed by atoms with van der Waals surface area (Å²) < 4.78 is 46.0. The highest BCUT2D eigenvalue weighted by atomic mass is 32.2. The lowest BCUT2D eigenvalue weighted by Crippen LogP contribution is -2.43. The molecular formula is C21H22FN3O5S. The average Bonchev–Trinajstić information content (AvgIpc) is 2.77. The minimum atomic E-state index is -3.71. The molecule has 31 heavy (non-hydrogen) atoms. The van der Waals surface area contributed by atoms with Gasteiger partial charge in [-0.25, -0.2) is 12.8 Å².